The molecule has 0 heterocycles. The Bertz CT molecular complexity index is 974. The largest absolute Gasteiger partial charge is 0.483 e. The Kier molecular flexibility index (Phi) is 8.44. The molecule has 0 aliphatic heterocycles. The molecule has 0 bridgehead atoms. The minimum absolute atomic E-state index is 0.165. The molecule has 32 heavy (non-hydrogen) atoms. The lowest BCUT2D eigenvalue weighted by Gasteiger charge is -2.30. The number of nitrogens with zero attached hydrogens (tertiary/aromatic N) is 1. The van der Waals surface area contributed by atoms with E-state index in [9.17, 15) is 9.59 Å². The summed E-state index contributed by atoms with van der Waals surface area (Å²) < 4.78 is 5.83. The van der Waals surface area contributed by atoms with Crippen LogP contribution in [0.3, 0.4) is 0 Å². The summed E-state index contributed by atoms with van der Waals surface area (Å²) >= 11 is 12.4. The number of aryl methyl sites for hydroxylation is 2. The molecule has 2 aromatic carbocycles. The van der Waals surface area contributed by atoms with Crippen LogP contribution in [-0.2, 0) is 16.1 Å². The Morgan fingerprint density at radius 2 is 1.84 bits per heavy atom. The fourth-order valence-electron chi connectivity index (χ4n) is 3.89. The summed E-state index contributed by atoms with van der Waals surface area (Å²) in [7, 11) is 0. The van der Waals surface area contributed by atoms with Gasteiger partial charge in [-0.15, -0.1) is 0 Å². The highest BCUT2D eigenvalue weighted by atomic mass is 35.5. The van der Waals surface area contributed by atoms with E-state index in [1.165, 1.54) is 4.90 Å². The van der Waals surface area contributed by atoms with Crippen molar-refractivity contribution in [2.75, 3.05) is 6.61 Å². The van der Waals surface area contributed by atoms with Crippen molar-refractivity contribution in [3.63, 3.8) is 0 Å². The number of halogens is 2. The fraction of sp³-hybridized carbons (Fsp3) is 0.440. The van der Waals surface area contributed by atoms with Crippen LogP contribution in [0.15, 0.2) is 36.4 Å². The Balaban J connectivity index is 1.77. The SMILES string of the molecule is Cc1ccc(C)c(OCC(=O)N(Cc2ccc(Cl)cc2Cl)[C@H](C)C(=O)NC2CCCC2)c1. The molecule has 3 rings (SSSR count). The first-order chi connectivity index (χ1) is 15.2. The van der Waals surface area contributed by atoms with E-state index in [4.69, 9.17) is 27.9 Å². The van der Waals surface area contributed by atoms with Gasteiger partial charge in [-0.1, -0.05) is 54.2 Å². The zero-order chi connectivity index (χ0) is 23.3. The van der Waals surface area contributed by atoms with Gasteiger partial charge in [0.25, 0.3) is 5.91 Å². The molecule has 1 atom stereocenters. The molecule has 0 unspecified atom stereocenters. The highest BCUT2D eigenvalue weighted by Gasteiger charge is 2.29. The molecule has 0 saturated heterocycles. The fourth-order valence-corrected chi connectivity index (χ4v) is 4.36. The third-order valence-electron chi connectivity index (χ3n) is 5.92. The van der Waals surface area contributed by atoms with Crippen molar-refractivity contribution >= 4 is 35.0 Å². The molecule has 1 aliphatic rings. The van der Waals surface area contributed by atoms with Crippen LogP contribution in [0.4, 0.5) is 0 Å². The lowest BCUT2D eigenvalue weighted by Crippen LogP contribution is -2.50. The molecular weight excluding hydrogens is 447 g/mol. The molecule has 0 radical (unpaired) electrons. The molecule has 172 valence electrons. The molecule has 2 amide bonds. The highest BCUT2D eigenvalue weighted by Crippen LogP contribution is 2.24. The van der Waals surface area contributed by atoms with Crippen molar-refractivity contribution in [1.82, 2.24) is 10.2 Å². The minimum atomic E-state index is -0.669. The second kappa shape index (κ2) is 11.1. The molecule has 7 heteroatoms. The van der Waals surface area contributed by atoms with Gasteiger partial charge in [0, 0.05) is 22.6 Å². The molecule has 0 spiro atoms. The Morgan fingerprint density at radius 3 is 2.53 bits per heavy atom. The van der Waals surface area contributed by atoms with E-state index in [2.05, 4.69) is 5.32 Å². The molecule has 1 aliphatic carbocycles. The van der Waals surface area contributed by atoms with Gasteiger partial charge in [0.2, 0.25) is 5.91 Å². The maximum Gasteiger partial charge on any atom is 0.261 e. The summed E-state index contributed by atoms with van der Waals surface area (Å²) in [5.41, 5.74) is 2.71. The van der Waals surface area contributed by atoms with Gasteiger partial charge in [-0.25, -0.2) is 0 Å². The first-order valence-corrected chi connectivity index (χ1v) is 11.7. The molecule has 2 aromatic rings. The van der Waals surface area contributed by atoms with Gasteiger partial charge in [-0.3, -0.25) is 9.59 Å². The van der Waals surface area contributed by atoms with E-state index in [-0.39, 0.29) is 31.0 Å². The van der Waals surface area contributed by atoms with Crippen LogP contribution in [0, 0.1) is 13.8 Å². The number of hydrogen-bond donors (Lipinski definition) is 1. The maximum atomic E-state index is 13.2. The van der Waals surface area contributed by atoms with Crippen LogP contribution in [0.5, 0.6) is 5.75 Å². The van der Waals surface area contributed by atoms with Crippen molar-refractivity contribution in [1.29, 1.82) is 0 Å². The monoisotopic (exact) mass is 476 g/mol. The number of ether oxygens (including phenoxy) is 1. The van der Waals surface area contributed by atoms with Crippen LogP contribution in [0.2, 0.25) is 10.0 Å². The van der Waals surface area contributed by atoms with E-state index < -0.39 is 6.04 Å². The van der Waals surface area contributed by atoms with Crippen molar-refractivity contribution < 1.29 is 14.3 Å². The Labute approximate surface area is 200 Å². The maximum absolute atomic E-state index is 13.2. The second-order valence-electron chi connectivity index (χ2n) is 8.48. The molecule has 1 saturated carbocycles. The summed E-state index contributed by atoms with van der Waals surface area (Å²) in [5.74, 6) is 0.207. The van der Waals surface area contributed by atoms with Crippen LogP contribution >= 0.6 is 23.2 Å². The highest BCUT2D eigenvalue weighted by molar-refractivity contribution is 6.35. The van der Waals surface area contributed by atoms with Crippen molar-refractivity contribution in [2.24, 2.45) is 0 Å². The van der Waals surface area contributed by atoms with Gasteiger partial charge < -0.3 is 15.0 Å². The zero-order valence-corrected chi connectivity index (χ0v) is 20.3. The lowest BCUT2D eigenvalue weighted by atomic mass is 10.1. The average Bonchev–Trinajstić information content (AvgIpc) is 3.26. The van der Waals surface area contributed by atoms with Gasteiger partial charge in [-0.05, 0) is 68.5 Å². The van der Waals surface area contributed by atoms with Gasteiger partial charge in [0.05, 0.1) is 0 Å². The van der Waals surface area contributed by atoms with E-state index in [1.54, 1.807) is 25.1 Å². The topological polar surface area (TPSA) is 58.6 Å². The second-order valence-corrected chi connectivity index (χ2v) is 9.32. The number of carbonyl (C=O) groups is 2. The summed E-state index contributed by atoms with van der Waals surface area (Å²) in [6, 6.07) is 10.5. The molecule has 0 aromatic heterocycles. The number of benzene rings is 2. The molecule has 1 fully saturated rings. The summed E-state index contributed by atoms with van der Waals surface area (Å²) in [4.78, 5) is 27.7. The smallest absolute Gasteiger partial charge is 0.261 e. The van der Waals surface area contributed by atoms with E-state index in [1.807, 2.05) is 32.0 Å². The predicted octanol–water partition coefficient (Wildman–Crippen LogP) is 5.47. The van der Waals surface area contributed by atoms with E-state index in [0.29, 0.717) is 15.8 Å². The third kappa shape index (κ3) is 6.39. The van der Waals surface area contributed by atoms with Gasteiger partial charge in [0.15, 0.2) is 6.61 Å². The number of amides is 2. The van der Waals surface area contributed by atoms with Crippen molar-refractivity contribution in [3.05, 3.63) is 63.1 Å². The third-order valence-corrected chi connectivity index (χ3v) is 6.51. The molecular formula is C25H30Cl2N2O3. The van der Waals surface area contributed by atoms with Crippen molar-refractivity contribution in [3.8, 4) is 5.75 Å². The predicted molar refractivity (Wildman–Crippen MR) is 128 cm³/mol. The minimum Gasteiger partial charge on any atom is -0.483 e. The molecule has 5 nitrogen and oxygen atoms in total. The standard InChI is InChI=1S/C25H30Cl2N2O3/c1-16-8-9-17(2)23(12-16)32-15-24(30)29(14-19-10-11-20(26)13-22(19)27)18(3)25(31)28-21-6-4-5-7-21/h8-13,18,21H,4-7,14-15H2,1-3H3,(H,28,31)/t18-/m1/s1. The van der Waals surface area contributed by atoms with Gasteiger partial charge in [-0.2, -0.15) is 0 Å². The average molecular weight is 477 g/mol. The Hall–Kier alpha value is -2.24. The van der Waals surface area contributed by atoms with Gasteiger partial charge >= 0.3 is 0 Å². The van der Waals surface area contributed by atoms with Crippen LogP contribution in [0.1, 0.15) is 49.3 Å². The summed E-state index contributed by atoms with van der Waals surface area (Å²) in [6.45, 7) is 5.66. The molecule has 1 N–H and O–H groups in total. The summed E-state index contributed by atoms with van der Waals surface area (Å²) in [5, 5.41) is 4.05. The van der Waals surface area contributed by atoms with Gasteiger partial charge in [0.1, 0.15) is 11.8 Å². The van der Waals surface area contributed by atoms with Crippen LogP contribution in [0.25, 0.3) is 0 Å². The number of carbonyl (C=O) groups excluding carboxylic acids is 2. The summed E-state index contributed by atoms with van der Waals surface area (Å²) in [6.07, 6.45) is 4.19. The Morgan fingerprint density at radius 1 is 1.12 bits per heavy atom. The quantitative estimate of drug-likeness (QED) is 0.549. The normalized spacial score (nSPS) is 14.8. The van der Waals surface area contributed by atoms with Crippen LogP contribution in [-0.4, -0.2) is 35.4 Å². The number of nitrogens with one attached hydrogen (secondary N) is 1. The number of hydrogen-bond acceptors (Lipinski definition) is 3. The lowest BCUT2D eigenvalue weighted by molar-refractivity contribution is -0.142. The van der Waals surface area contributed by atoms with Crippen molar-refractivity contribution in [2.45, 2.75) is 65.1 Å². The van der Waals surface area contributed by atoms with Crippen LogP contribution < -0.4 is 10.1 Å². The zero-order valence-electron chi connectivity index (χ0n) is 18.8. The first kappa shape index (κ1) is 24.4. The number of rotatable bonds is 8. The van der Waals surface area contributed by atoms with E-state index >= 15 is 0 Å². The first-order valence-electron chi connectivity index (χ1n) is 11.0. The van der Waals surface area contributed by atoms with E-state index in [0.717, 1.165) is 42.4 Å².